The molecular formula is C16H28ClN3. The SMILES string of the molecule is CCC1CCC(CNC)C(c2c(Cl)cnn2C(C)C)C1. The van der Waals surface area contributed by atoms with E-state index in [1.54, 1.807) is 0 Å². The molecule has 0 spiro atoms. The second-order valence-corrected chi connectivity index (χ2v) is 6.83. The molecule has 1 aliphatic rings. The van der Waals surface area contributed by atoms with Crippen LogP contribution in [0.4, 0.5) is 0 Å². The minimum Gasteiger partial charge on any atom is -0.319 e. The lowest BCUT2D eigenvalue weighted by Gasteiger charge is -2.37. The summed E-state index contributed by atoms with van der Waals surface area (Å²) in [6.45, 7) is 7.74. The highest BCUT2D eigenvalue weighted by Gasteiger charge is 2.34. The zero-order valence-electron chi connectivity index (χ0n) is 13.2. The number of rotatable bonds is 5. The van der Waals surface area contributed by atoms with Crippen molar-refractivity contribution in [2.45, 2.75) is 58.4 Å². The Morgan fingerprint density at radius 2 is 2.20 bits per heavy atom. The number of hydrogen-bond acceptors (Lipinski definition) is 2. The summed E-state index contributed by atoms with van der Waals surface area (Å²) in [4.78, 5) is 0. The molecule has 3 atom stereocenters. The first-order chi connectivity index (χ1) is 9.58. The maximum Gasteiger partial charge on any atom is 0.0820 e. The zero-order valence-corrected chi connectivity index (χ0v) is 14.0. The van der Waals surface area contributed by atoms with E-state index in [1.165, 1.54) is 31.4 Å². The van der Waals surface area contributed by atoms with Crippen LogP contribution >= 0.6 is 11.6 Å². The lowest BCUT2D eigenvalue weighted by atomic mass is 9.71. The van der Waals surface area contributed by atoms with Crippen LogP contribution in [0.3, 0.4) is 0 Å². The van der Waals surface area contributed by atoms with Crippen molar-refractivity contribution in [3.63, 3.8) is 0 Å². The van der Waals surface area contributed by atoms with Crippen LogP contribution in [-0.2, 0) is 0 Å². The van der Waals surface area contributed by atoms with Crippen LogP contribution in [0.25, 0.3) is 0 Å². The van der Waals surface area contributed by atoms with E-state index in [1.807, 2.05) is 13.2 Å². The lowest BCUT2D eigenvalue weighted by Crippen LogP contribution is -2.32. The van der Waals surface area contributed by atoms with E-state index < -0.39 is 0 Å². The number of halogens is 1. The maximum absolute atomic E-state index is 6.47. The van der Waals surface area contributed by atoms with Gasteiger partial charge < -0.3 is 5.32 Å². The molecule has 0 radical (unpaired) electrons. The molecule has 20 heavy (non-hydrogen) atoms. The topological polar surface area (TPSA) is 29.9 Å². The van der Waals surface area contributed by atoms with E-state index >= 15 is 0 Å². The van der Waals surface area contributed by atoms with Gasteiger partial charge in [-0.15, -0.1) is 0 Å². The van der Waals surface area contributed by atoms with Crippen molar-refractivity contribution in [2.75, 3.05) is 13.6 Å². The molecule has 1 saturated carbocycles. The molecule has 3 nitrogen and oxygen atoms in total. The van der Waals surface area contributed by atoms with Gasteiger partial charge in [-0.25, -0.2) is 0 Å². The van der Waals surface area contributed by atoms with Gasteiger partial charge in [0.15, 0.2) is 0 Å². The minimum atomic E-state index is 0.370. The number of nitrogens with zero attached hydrogens (tertiary/aromatic N) is 2. The largest absolute Gasteiger partial charge is 0.319 e. The Kier molecular flexibility index (Phi) is 5.50. The first-order valence-corrected chi connectivity index (χ1v) is 8.33. The molecule has 1 heterocycles. The molecule has 0 saturated heterocycles. The third-order valence-corrected chi connectivity index (χ3v) is 5.06. The van der Waals surface area contributed by atoms with Gasteiger partial charge in [0.1, 0.15) is 0 Å². The maximum atomic E-state index is 6.47. The van der Waals surface area contributed by atoms with Crippen molar-refractivity contribution in [1.82, 2.24) is 15.1 Å². The smallest absolute Gasteiger partial charge is 0.0820 e. The summed E-state index contributed by atoms with van der Waals surface area (Å²) >= 11 is 6.47. The number of hydrogen-bond donors (Lipinski definition) is 1. The zero-order chi connectivity index (χ0) is 14.7. The van der Waals surface area contributed by atoms with Crippen LogP contribution in [0, 0.1) is 11.8 Å². The first kappa shape index (κ1) is 15.8. The Hall–Kier alpha value is -0.540. The third kappa shape index (κ3) is 3.20. The quantitative estimate of drug-likeness (QED) is 0.880. The lowest BCUT2D eigenvalue weighted by molar-refractivity contribution is 0.218. The van der Waals surface area contributed by atoms with Gasteiger partial charge in [-0.1, -0.05) is 31.4 Å². The van der Waals surface area contributed by atoms with E-state index in [2.05, 4.69) is 35.9 Å². The van der Waals surface area contributed by atoms with Crippen LogP contribution in [0.1, 0.15) is 64.1 Å². The number of nitrogens with one attached hydrogen (secondary N) is 1. The molecule has 1 aromatic heterocycles. The summed E-state index contributed by atoms with van der Waals surface area (Å²) in [5.74, 6) is 2.05. The standard InChI is InChI=1S/C16H28ClN3/c1-5-12-6-7-13(9-18-4)14(8-12)16-15(17)10-19-20(16)11(2)3/h10-14,18H,5-9H2,1-4H3. The molecule has 1 aromatic rings. The highest BCUT2D eigenvalue weighted by molar-refractivity contribution is 6.31. The van der Waals surface area contributed by atoms with Gasteiger partial charge in [0.05, 0.1) is 16.9 Å². The predicted octanol–water partition coefficient (Wildman–Crippen LogP) is 4.25. The van der Waals surface area contributed by atoms with E-state index in [9.17, 15) is 0 Å². The molecule has 1 aliphatic carbocycles. The van der Waals surface area contributed by atoms with Crippen molar-refractivity contribution in [3.05, 3.63) is 16.9 Å². The summed E-state index contributed by atoms with van der Waals surface area (Å²) < 4.78 is 2.13. The van der Waals surface area contributed by atoms with Crippen molar-refractivity contribution < 1.29 is 0 Å². The molecule has 3 unspecified atom stereocenters. The average Bonchev–Trinajstić information content (AvgIpc) is 2.81. The van der Waals surface area contributed by atoms with Gasteiger partial charge in [-0.3, -0.25) is 4.68 Å². The van der Waals surface area contributed by atoms with Crippen LogP contribution < -0.4 is 5.32 Å². The average molecular weight is 298 g/mol. The van der Waals surface area contributed by atoms with Crippen LogP contribution in [0.5, 0.6) is 0 Å². The molecule has 2 rings (SSSR count). The van der Waals surface area contributed by atoms with E-state index in [0.717, 1.165) is 17.5 Å². The minimum absolute atomic E-state index is 0.370. The molecule has 1 N–H and O–H groups in total. The van der Waals surface area contributed by atoms with Gasteiger partial charge in [0.25, 0.3) is 0 Å². The second-order valence-electron chi connectivity index (χ2n) is 6.43. The van der Waals surface area contributed by atoms with Crippen LogP contribution in [-0.4, -0.2) is 23.4 Å². The molecule has 114 valence electrons. The molecule has 0 aliphatic heterocycles. The van der Waals surface area contributed by atoms with Crippen LogP contribution in [0.15, 0.2) is 6.20 Å². The fourth-order valence-electron chi connectivity index (χ4n) is 3.64. The molecule has 0 amide bonds. The Morgan fingerprint density at radius 1 is 1.45 bits per heavy atom. The van der Waals surface area contributed by atoms with Gasteiger partial charge in [-0.05, 0) is 52.1 Å². The Morgan fingerprint density at radius 3 is 2.80 bits per heavy atom. The van der Waals surface area contributed by atoms with Crippen molar-refractivity contribution in [1.29, 1.82) is 0 Å². The Labute approximate surface area is 128 Å². The third-order valence-electron chi connectivity index (χ3n) is 4.77. The van der Waals surface area contributed by atoms with Gasteiger partial charge in [0, 0.05) is 12.0 Å². The molecule has 1 fully saturated rings. The summed E-state index contributed by atoms with van der Waals surface area (Å²) in [5, 5.41) is 8.71. The highest BCUT2D eigenvalue weighted by Crippen LogP contribution is 2.44. The fourth-order valence-corrected chi connectivity index (χ4v) is 3.91. The highest BCUT2D eigenvalue weighted by atomic mass is 35.5. The van der Waals surface area contributed by atoms with E-state index in [4.69, 9.17) is 11.6 Å². The van der Waals surface area contributed by atoms with Crippen molar-refractivity contribution in [2.24, 2.45) is 11.8 Å². The van der Waals surface area contributed by atoms with Crippen molar-refractivity contribution in [3.8, 4) is 0 Å². The summed E-state index contributed by atoms with van der Waals surface area (Å²) in [5.41, 5.74) is 1.26. The summed E-state index contributed by atoms with van der Waals surface area (Å²) in [6.07, 6.45) is 7.00. The molecule has 4 heteroatoms. The fraction of sp³-hybridized carbons (Fsp3) is 0.812. The van der Waals surface area contributed by atoms with Crippen molar-refractivity contribution >= 4 is 11.6 Å². The Balaban J connectivity index is 2.32. The second kappa shape index (κ2) is 6.95. The van der Waals surface area contributed by atoms with E-state index in [-0.39, 0.29) is 0 Å². The van der Waals surface area contributed by atoms with Gasteiger partial charge in [-0.2, -0.15) is 5.10 Å². The normalized spacial score (nSPS) is 27.2. The summed E-state index contributed by atoms with van der Waals surface area (Å²) in [6, 6.07) is 0.370. The monoisotopic (exact) mass is 297 g/mol. The number of aromatic nitrogens is 2. The molecule has 0 aromatic carbocycles. The van der Waals surface area contributed by atoms with Gasteiger partial charge in [0.2, 0.25) is 0 Å². The van der Waals surface area contributed by atoms with Gasteiger partial charge >= 0.3 is 0 Å². The molecular weight excluding hydrogens is 270 g/mol. The predicted molar refractivity (Wildman–Crippen MR) is 85.4 cm³/mol. The molecule has 0 bridgehead atoms. The van der Waals surface area contributed by atoms with Crippen LogP contribution in [0.2, 0.25) is 5.02 Å². The Bertz CT molecular complexity index is 427. The first-order valence-electron chi connectivity index (χ1n) is 7.95. The van der Waals surface area contributed by atoms with E-state index in [0.29, 0.717) is 17.9 Å². The summed E-state index contributed by atoms with van der Waals surface area (Å²) in [7, 11) is 2.05.